The van der Waals surface area contributed by atoms with Crippen LogP contribution in [0, 0.1) is 68.0 Å². The van der Waals surface area contributed by atoms with E-state index in [2.05, 4.69) is 0 Å². The summed E-state index contributed by atoms with van der Waals surface area (Å²) < 4.78 is 86.6. The molecule has 2 aliphatic carbocycles. The fraction of sp³-hybridized carbons (Fsp3) is 0.0526. The molecule has 0 aliphatic heterocycles. The molecule has 0 radical (unpaired) electrons. The predicted molar refractivity (Wildman–Crippen MR) is 166 cm³/mol. The van der Waals surface area contributed by atoms with Crippen LogP contribution >= 0.6 is 0 Å². The molecule has 0 unspecified atom stereocenters. The van der Waals surface area contributed by atoms with E-state index >= 15 is 0 Å². The zero-order valence-corrected chi connectivity index (χ0v) is 24.9. The third kappa shape index (κ3) is 4.85. The number of fused-ring (bicyclic) bond motifs is 4. The van der Waals surface area contributed by atoms with E-state index in [1.165, 1.54) is 48.5 Å². The first-order valence-electron chi connectivity index (χ1n) is 14.2. The molecule has 6 nitrogen and oxygen atoms in total. The summed E-state index contributed by atoms with van der Waals surface area (Å²) in [5.74, 6) is 0. The van der Waals surface area contributed by atoms with Crippen LogP contribution < -0.4 is 0 Å². The fourth-order valence-electron chi connectivity index (χ4n) is 6.49. The van der Waals surface area contributed by atoms with Crippen LogP contribution in [0.15, 0.2) is 83.9 Å². The van der Waals surface area contributed by atoms with Crippen molar-refractivity contribution in [1.29, 1.82) is 31.6 Å². The highest BCUT2D eigenvalue weighted by Crippen LogP contribution is 2.62. The first-order chi connectivity index (χ1) is 23.8. The first kappa shape index (κ1) is 32.6. The van der Waals surface area contributed by atoms with Gasteiger partial charge in [-0.05, 0) is 57.6 Å². The molecular weight excluding hydrogens is 654 g/mol. The van der Waals surface area contributed by atoms with Crippen LogP contribution in [0.3, 0.4) is 0 Å². The van der Waals surface area contributed by atoms with Gasteiger partial charge in [0.1, 0.15) is 35.4 Å². The molecule has 12 heteroatoms. The lowest BCUT2D eigenvalue weighted by Crippen LogP contribution is -2.09. The second-order valence-electron chi connectivity index (χ2n) is 10.9. The zero-order valence-electron chi connectivity index (χ0n) is 24.9. The molecule has 2 aliphatic rings. The molecule has 0 fully saturated rings. The Hall–Kier alpha value is -7.38. The molecule has 236 valence electrons. The molecule has 0 saturated carbocycles. The average Bonchev–Trinajstić information content (AvgIpc) is 3.62. The van der Waals surface area contributed by atoms with E-state index in [0.717, 1.165) is 12.1 Å². The van der Waals surface area contributed by atoms with Crippen LogP contribution in [0.5, 0.6) is 0 Å². The minimum atomic E-state index is -4.95. The van der Waals surface area contributed by atoms with E-state index in [9.17, 15) is 57.9 Å². The highest BCUT2D eigenvalue weighted by atomic mass is 19.4. The smallest absolute Gasteiger partial charge is 0.192 e. The molecule has 50 heavy (non-hydrogen) atoms. The maximum atomic E-state index is 14.4. The largest absolute Gasteiger partial charge is 0.417 e. The number of alkyl halides is 6. The van der Waals surface area contributed by atoms with Crippen molar-refractivity contribution in [3.63, 3.8) is 0 Å². The Morgan fingerprint density at radius 3 is 1.08 bits per heavy atom. The van der Waals surface area contributed by atoms with Crippen molar-refractivity contribution in [2.45, 2.75) is 12.4 Å². The van der Waals surface area contributed by atoms with Gasteiger partial charge in [0.2, 0.25) is 0 Å². The van der Waals surface area contributed by atoms with Crippen LogP contribution in [-0.4, -0.2) is 0 Å². The van der Waals surface area contributed by atoms with Gasteiger partial charge in [-0.3, -0.25) is 0 Å². The summed E-state index contributed by atoms with van der Waals surface area (Å²) in [7, 11) is 0. The van der Waals surface area contributed by atoms with Crippen LogP contribution in [0.2, 0.25) is 0 Å². The highest BCUT2D eigenvalue weighted by molar-refractivity contribution is 6.39. The summed E-state index contributed by atoms with van der Waals surface area (Å²) in [5.41, 5.74) is -4.94. The maximum absolute atomic E-state index is 14.4. The number of nitrogens with zero attached hydrogens (tertiary/aromatic N) is 6. The molecule has 0 bridgehead atoms. The summed E-state index contributed by atoms with van der Waals surface area (Å²) in [6, 6.07) is 24.6. The van der Waals surface area contributed by atoms with Gasteiger partial charge in [0, 0.05) is 33.4 Å². The predicted octanol–water partition coefficient (Wildman–Crippen LogP) is 9.34. The van der Waals surface area contributed by atoms with Crippen molar-refractivity contribution in [3.05, 3.63) is 128 Å². The number of benzene rings is 4. The molecule has 4 aromatic carbocycles. The lowest BCUT2D eigenvalue weighted by molar-refractivity contribution is -0.137. The average molecular weight is 667 g/mol. The van der Waals surface area contributed by atoms with Crippen molar-refractivity contribution < 1.29 is 26.3 Å². The third-order valence-corrected chi connectivity index (χ3v) is 8.35. The van der Waals surface area contributed by atoms with E-state index < -0.39 is 45.8 Å². The van der Waals surface area contributed by atoms with Gasteiger partial charge in [-0.15, -0.1) is 0 Å². The number of nitriles is 6. The van der Waals surface area contributed by atoms with Gasteiger partial charge in [-0.1, -0.05) is 48.5 Å². The Kier molecular flexibility index (Phi) is 7.62. The summed E-state index contributed by atoms with van der Waals surface area (Å²) in [6.07, 6.45) is -9.90. The first-order valence-corrected chi connectivity index (χ1v) is 14.2. The SMILES string of the molecule is N#CC(C#N)=C1C2=C(C(=C(C#N)C#N)c3c2cccc3-c2ccc(C#N)cc2C(F)(F)F)c2cccc(-c3ccc(C#N)cc3C(F)(F)F)c21. The van der Waals surface area contributed by atoms with Gasteiger partial charge in [0.05, 0.1) is 34.4 Å². The Morgan fingerprint density at radius 1 is 0.440 bits per heavy atom. The molecule has 0 aromatic heterocycles. The van der Waals surface area contributed by atoms with Crippen LogP contribution in [-0.2, 0) is 12.4 Å². The normalized spacial score (nSPS) is 12.7. The third-order valence-electron chi connectivity index (χ3n) is 8.35. The number of hydrogen-bond donors (Lipinski definition) is 0. The lowest BCUT2D eigenvalue weighted by atomic mass is 9.82. The standard InChI is InChI=1S/C38H12F6N6/c39-37(40,41)29-11-19(13-45)7-9-23(29)25-3-1-5-27-33(25)31(21(15-47)16-48)36-28-6-2-4-26(34(28)32(35(27)36)22(17-49)18-50)24-10-8-20(14-46)12-30(24)38(42,43)44/h1-12H. The molecule has 0 spiro atoms. The van der Waals surface area contributed by atoms with E-state index in [-0.39, 0.29) is 66.8 Å². The molecule has 0 atom stereocenters. The summed E-state index contributed by atoms with van der Waals surface area (Å²) in [4.78, 5) is 0. The van der Waals surface area contributed by atoms with Crippen LogP contribution in [0.25, 0.3) is 44.5 Å². The summed E-state index contributed by atoms with van der Waals surface area (Å²) in [5, 5.41) is 59.1. The molecule has 0 saturated heterocycles. The quantitative estimate of drug-likeness (QED) is 0.154. The van der Waals surface area contributed by atoms with Crippen molar-refractivity contribution in [2.75, 3.05) is 0 Å². The van der Waals surface area contributed by atoms with E-state index in [1.54, 1.807) is 36.4 Å². The number of halogens is 6. The molecule has 0 heterocycles. The highest BCUT2D eigenvalue weighted by Gasteiger charge is 2.44. The number of allylic oxidation sites excluding steroid dienone is 6. The van der Waals surface area contributed by atoms with Crippen LogP contribution in [0.4, 0.5) is 26.3 Å². The Balaban J connectivity index is 1.77. The zero-order chi connectivity index (χ0) is 36.1. The van der Waals surface area contributed by atoms with Gasteiger partial charge in [-0.2, -0.15) is 57.9 Å². The monoisotopic (exact) mass is 666 g/mol. The minimum Gasteiger partial charge on any atom is -0.192 e. The van der Waals surface area contributed by atoms with Gasteiger partial charge in [0.25, 0.3) is 0 Å². The van der Waals surface area contributed by atoms with E-state index in [0.29, 0.717) is 12.1 Å². The second kappa shape index (κ2) is 11.7. The Bertz CT molecular complexity index is 2370. The second-order valence-corrected chi connectivity index (χ2v) is 10.9. The van der Waals surface area contributed by atoms with Crippen molar-refractivity contribution >= 4 is 22.3 Å². The fourth-order valence-corrected chi connectivity index (χ4v) is 6.49. The molecule has 4 aromatic rings. The minimum absolute atomic E-state index is 0.0102. The van der Waals surface area contributed by atoms with Crippen molar-refractivity contribution in [1.82, 2.24) is 0 Å². The van der Waals surface area contributed by atoms with E-state index in [4.69, 9.17) is 0 Å². The molecule has 0 amide bonds. The van der Waals surface area contributed by atoms with Crippen LogP contribution in [0.1, 0.15) is 44.5 Å². The Labute approximate surface area is 279 Å². The number of rotatable bonds is 2. The van der Waals surface area contributed by atoms with Gasteiger partial charge in [-0.25, -0.2) is 0 Å². The summed E-state index contributed by atoms with van der Waals surface area (Å²) in [6.45, 7) is 0. The van der Waals surface area contributed by atoms with Gasteiger partial charge >= 0.3 is 12.4 Å². The maximum Gasteiger partial charge on any atom is 0.417 e. The van der Waals surface area contributed by atoms with Gasteiger partial charge in [0.15, 0.2) is 0 Å². The van der Waals surface area contributed by atoms with E-state index in [1.807, 2.05) is 0 Å². The van der Waals surface area contributed by atoms with Gasteiger partial charge < -0.3 is 0 Å². The van der Waals surface area contributed by atoms with Crippen molar-refractivity contribution in [3.8, 4) is 58.7 Å². The Morgan fingerprint density at radius 2 is 0.780 bits per heavy atom. The topological polar surface area (TPSA) is 143 Å². The molecule has 0 N–H and O–H groups in total. The van der Waals surface area contributed by atoms with Crippen molar-refractivity contribution in [2.24, 2.45) is 0 Å². The lowest BCUT2D eigenvalue weighted by Gasteiger charge is -2.21. The molecular formula is C38H12F6N6. The number of hydrogen-bond acceptors (Lipinski definition) is 6. The summed E-state index contributed by atoms with van der Waals surface area (Å²) >= 11 is 0. The molecule has 6 rings (SSSR count).